The summed E-state index contributed by atoms with van der Waals surface area (Å²) in [6.07, 6.45) is 1.11. The van der Waals surface area contributed by atoms with Crippen molar-refractivity contribution in [2.24, 2.45) is 5.14 Å². The van der Waals surface area contributed by atoms with E-state index in [0.717, 1.165) is 6.26 Å². The van der Waals surface area contributed by atoms with Crippen LogP contribution in [0.2, 0.25) is 0 Å². The van der Waals surface area contributed by atoms with E-state index in [4.69, 9.17) is 9.88 Å². The van der Waals surface area contributed by atoms with Gasteiger partial charge in [0.1, 0.15) is 12.4 Å². The summed E-state index contributed by atoms with van der Waals surface area (Å²) < 4.78 is 49.6. The fourth-order valence-electron chi connectivity index (χ4n) is 1.08. The molecule has 0 aliphatic heterocycles. The van der Waals surface area contributed by atoms with E-state index >= 15 is 0 Å². The smallest absolute Gasteiger partial charge is 0.238 e. The Bertz CT molecular complexity index is 639. The molecule has 1 rings (SSSR count). The lowest BCUT2D eigenvalue weighted by Gasteiger charge is -2.08. The van der Waals surface area contributed by atoms with Gasteiger partial charge in [-0.2, -0.15) is 0 Å². The van der Waals surface area contributed by atoms with Gasteiger partial charge in [0, 0.05) is 6.26 Å². The van der Waals surface area contributed by atoms with Crippen LogP contribution in [-0.2, 0) is 19.9 Å². The number of hydrogen-bond acceptors (Lipinski definition) is 5. The molecule has 0 fully saturated rings. The molecule has 0 aliphatic carbocycles. The second-order valence-corrected chi connectivity index (χ2v) is 8.29. The van der Waals surface area contributed by atoms with Gasteiger partial charge in [0.15, 0.2) is 9.84 Å². The molecular formula is C9H12BrNO5S2. The Kier molecular flexibility index (Phi) is 4.76. The molecule has 0 aliphatic rings. The Hall–Kier alpha value is -0.640. The minimum Gasteiger partial charge on any atom is -0.491 e. The van der Waals surface area contributed by atoms with E-state index in [1.165, 1.54) is 18.2 Å². The van der Waals surface area contributed by atoms with Gasteiger partial charge in [0.25, 0.3) is 0 Å². The molecule has 6 nitrogen and oxygen atoms in total. The zero-order chi connectivity index (χ0) is 14.0. The molecule has 0 atom stereocenters. The average molecular weight is 358 g/mol. The molecule has 0 heterocycles. The molecule has 102 valence electrons. The third-order valence-electron chi connectivity index (χ3n) is 1.94. The maximum absolute atomic E-state index is 11.1. The third kappa shape index (κ3) is 4.92. The van der Waals surface area contributed by atoms with Crippen molar-refractivity contribution in [3.63, 3.8) is 0 Å². The monoisotopic (exact) mass is 357 g/mol. The standard InChI is InChI=1S/C9H12BrNO5S2/c1-17(12,13)5-4-16-9-3-2-7(6-8(9)10)18(11,14)15/h2-3,6H,4-5H2,1H3,(H2,11,14,15). The molecule has 0 spiro atoms. The van der Waals surface area contributed by atoms with Crippen molar-refractivity contribution < 1.29 is 21.6 Å². The molecule has 0 bridgehead atoms. The molecule has 0 radical (unpaired) electrons. The number of sulfone groups is 1. The number of sulfonamides is 1. The summed E-state index contributed by atoms with van der Waals surface area (Å²) in [5, 5.41) is 4.96. The van der Waals surface area contributed by atoms with E-state index < -0.39 is 19.9 Å². The molecule has 1 aromatic carbocycles. The van der Waals surface area contributed by atoms with E-state index in [1.54, 1.807) is 0 Å². The van der Waals surface area contributed by atoms with Crippen LogP contribution in [-0.4, -0.2) is 35.5 Å². The van der Waals surface area contributed by atoms with Gasteiger partial charge >= 0.3 is 0 Å². The molecule has 1 aromatic rings. The van der Waals surface area contributed by atoms with Gasteiger partial charge in [-0.25, -0.2) is 22.0 Å². The molecule has 0 aromatic heterocycles. The fourth-order valence-corrected chi connectivity index (χ4v) is 2.65. The predicted octanol–water partition coefficient (Wildman–Crippen LogP) is 0.520. The van der Waals surface area contributed by atoms with Crippen LogP contribution in [0.15, 0.2) is 27.6 Å². The number of hydrogen-bond donors (Lipinski definition) is 1. The van der Waals surface area contributed by atoms with Gasteiger partial charge in [0.05, 0.1) is 15.1 Å². The van der Waals surface area contributed by atoms with Crippen LogP contribution in [0.25, 0.3) is 0 Å². The normalized spacial score (nSPS) is 12.4. The Morgan fingerprint density at radius 2 is 1.89 bits per heavy atom. The largest absolute Gasteiger partial charge is 0.491 e. The summed E-state index contributed by atoms with van der Waals surface area (Å²) in [4.78, 5) is -0.0511. The Morgan fingerprint density at radius 3 is 2.33 bits per heavy atom. The SMILES string of the molecule is CS(=O)(=O)CCOc1ccc(S(N)(=O)=O)cc1Br. The van der Waals surface area contributed by atoms with E-state index in [1.807, 2.05) is 0 Å². The lowest BCUT2D eigenvalue weighted by molar-refractivity contribution is 0.338. The minimum absolute atomic E-state index is 0.00778. The van der Waals surface area contributed by atoms with Crippen LogP contribution in [0.5, 0.6) is 5.75 Å². The summed E-state index contributed by atoms with van der Waals surface area (Å²) in [6, 6.07) is 3.99. The van der Waals surface area contributed by atoms with Gasteiger partial charge in [-0.3, -0.25) is 0 Å². The van der Waals surface area contributed by atoms with E-state index in [0.29, 0.717) is 10.2 Å². The number of nitrogens with two attached hydrogens (primary N) is 1. The van der Waals surface area contributed by atoms with Crippen molar-refractivity contribution in [1.82, 2.24) is 0 Å². The Morgan fingerprint density at radius 1 is 1.28 bits per heavy atom. The first-order valence-electron chi connectivity index (χ1n) is 4.72. The molecule has 2 N–H and O–H groups in total. The number of ether oxygens (including phenoxy) is 1. The van der Waals surface area contributed by atoms with Crippen molar-refractivity contribution in [3.05, 3.63) is 22.7 Å². The highest BCUT2D eigenvalue weighted by Crippen LogP contribution is 2.27. The lowest BCUT2D eigenvalue weighted by Crippen LogP contribution is -2.13. The lowest BCUT2D eigenvalue weighted by atomic mass is 10.3. The zero-order valence-electron chi connectivity index (χ0n) is 9.46. The predicted molar refractivity (Wildman–Crippen MR) is 70.7 cm³/mol. The van der Waals surface area contributed by atoms with Gasteiger partial charge in [-0.05, 0) is 34.1 Å². The van der Waals surface area contributed by atoms with Gasteiger partial charge < -0.3 is 4.74 Å². The summed E-state index contributed by atoms with van der Waals surface area (Å²) in [5.74, 6) is 0.238. The van der Waals surface area contributed by atoms with E-state index in [-0.39, 0.29) is 17.3 Å². The molecule has 0 unspecified atom stereocenters. The minimum atomic E-state index is -3.77. The quantitative estimate of drug-likeness (QED) is 0.827. The number of benzene rings is 1. The summed E-state index contributed by atoms with van der Waals surface area (Å²) in [6.45, 7) is -0.00778. The van der Waals surface area contributed by atoms with Crippen molar-refractivity contribution in [2.45, 2.75) is 4.90 Å². The highest BCUT2D eigenvalue weighted by Gasteiger charge is 2.11. The van der Waals surface area contributed by atoms with Crippen LogP contribution < -0.4 is 9.88 Å². The first kappa shape index (κ1) is 15.4. The van der Waals surface area contributed by atoms with Crippen molar-refractivity contribution >= 4 is 35.8 Å². The van der Waals surface area contributed by atoms with Crippen molar-refractivity contribution in [2.75, 3.05) is 18.6 Å². The van der Waals surface area contributed by atoms with Crippen LogP contribution in [0.3, 0.4) is 0 Å². The number of halogens is 1. The Balaban J connectivity index is 2.81. The highest BCUT2D eigenvalue weighted by molar-refractivity contribution is 9.10. The first-order valence-corrected chi connectivity index (χ1v) is 9.12. The second kappa shape index (κ2) is 5.55. The third-order valence-corrected chi connectivity index (χ3v) is 4.38. The van der Waals surface area contributed by atoms with Gasteiger partial charge in [0.2, 0.25) is 10.0 Å². The first-order chi connectivity index (χ1) is 8.09. The molecular weight excluding hydrogens is 346 g/mol. The number of primary sulfonamides is 1. The highest BCUT2D eigenvalue weighted by atomic mass is 79.9. The summed E-state index contributed by atoms with van der Waals surface area (Å²) >= 11 is 3.13. The topological polar surface area (TPSA) is 104 Å². The Labute approximate surface area is 114 Å². The second-order valence-electron chi connectivity index (χ2n) is 3.62. The maximum atomic E-state index is 11.1. The van der Waals surface area contributed by atoms with Crippen molar-refractivity contribution in [3.8, 4) is 5.75 Å². The van der Waals surface area contributed by atoms with E-state index in [2.05, 4.69) is 15.9 Å². The van der Waals surface area contributed by atoms with Crippen LogP contribution in [0.4, 0.5) is 0 Å². The number of rotatable bonds is 5. The molecule has 18 heavy (non-hydrogen) atoms. The van der Waals surface area contributed by atoms with Crippen LogP contribution in [0, 0.1) is 0 Å². The molecule has 0 saturated carbocycles. The molecule has 0 amide bonds. The maximum Gasteiger partial charge on any atom is 0.238 e. The molecule has 9 heteroatoms. The fraction of sp³-hybridized carbons (Fsp3) is 0.333. The molecule has 0 saturated heterocycles. The van der Waals surface area contributed by atoms with Gasteiger partial charge in [-0.15, -0.1) is 0 Å². The van der Waals surface area contributed by atoms with Crippen molar-refractivity contribution in [1.29, 1.82) is 0 Å². The van der Waals surface area contributed by atoms with Crippen LogP contribution in [0.1, 0.15) is 0 Å². The summed E-state index contributed by atoms with van der Waals surface area (Å²) in [5.41, 5.74) is 0. The summed E-state index contributed by atoms with van der Waals surface area (Å²) in [7, 11) is -6.86. The van der Waals surface area contributed by atoms with Gasteiger partial charge in [-0.1, -0.05) is 0 Å². The van der Waals surface area contributed by atoms with E-state index in [9.17, 15) is 16.8 Å². The zero-order valence-corrected chi connectivity index (χ0v) is 12.7. The van der Waals surface area contributed by atoms with Crippen LogP contribution >= 0.6 is 15.9 Å². The average Bonchev–Trinajstić information content (AvgIpc) is 2.17.